The summed E-state index contributed by atoms with van der Waals surface area (Å²) in [7, 11) is -3.20. The van der Waals surface area contributed by atoms with E-state index in [1.807, 2.05) is 43.3 Å². The summed E-state index contributed by atoms with van der Waals surface area (Å²) in [5.41, 5.74) is 3.72. The van der Waals surface area contributed by atoms with Gasteiger partial charge in [-0.15, -0.1) is 0 Å². The Bertz CT molecular complexity index is 1130. The normalized spacial score (nSPS) is 18.6. The van der Waals surface area contributed by atoms with Gasteiger partial charge in [-0.25, -0.2) is 13.4 Å². The van der Waals surface area contributed by atoms with Crippen LogP contribution in [0.1, 0.15) is 30.8 Å². The zero-order valence-electron chi connectivity index (χ0n) is 17.4. The van der Waals surface area contributed by atoms with E-state index in [0.717, 1.165) is 41.1 Å². The number of aliphatic hydroxyl groups is 1. The number of rotatable bonds is 5. The average Bonchev–Trinajstić information content (AvgIpc) is 3.33. The lowest BCUT2D eigenvalue weighted by Crippen LogP contribution is -2.26. The number of oxazole rings is 1. The van der Waals surface area contributed by atoms with Gasteiger partial charge in [-0.2, -0.15) is 0 Å². The molecule has 0 spiro atoms. The van der Waals surface area contributed by atoms with Crippen LogP contribution in [-0.4, -0.2) is 48.9 Å². The molecule has 2 heterocycles. The second-order valence-electron chi connectivity index (χ2n) is 7.95. The van der Waals surface area contributed by atoms with E-state index >= 15 is 0 Å². The number of nitrogens with zero attached hydrogens (tertiary/aromatic N) is 2. The fourth-order valence-electron chi connectivity index (χ4n) is 3.91. The maximum absolute atomic E-state index is 11.6. The molecule has 0 aliphatic carbocycles. The SMILES string of the molecule is Cc1oc(-c2ccc(-c3ccc(S(C)(=O)=O)cc3)cc2)nc1C(C)N1CC[C@H](O)C1. The van der Waals surface area contributed by atoms with Crippen LogP contribution in [0.5, 0.6) is 0 Å². The van der Waals surface area contributed by atoms with E-state index < -0.39 is 9.84 Å². The number of aryl methyl sites for hydroxylation is 1. The molecule has 7 heteroatoms. The first-order chi connectivity index (χ1) is 14.2. The highest BCUT2D eigenvalue weighted by Crippen LogP contribution is 2.31. The van der Waals surface area contributed by atoms with Gasteiger partial charge in [-0.05, 0) is 55.7 Å². The van der Waals surface area contributed by atoms with Gasteiger partial charge in [0.25, 0.3) is 0 Å². The van der Waals surface area contributed by atoms with Gasteiger partial charge >= 0.3 is 0 Å². The van der Waals surface area contributed by atoms with Crippen molar-refractivity contribution in [3.05, 3.63) is 60.0 Å². The molecule has 1 saturated heterocycles. The number of hydrogen-bond donors (Lipinski definition) is 1. The minimum absolute atomic E-state index is 0.0901. The van der Waals surface area contributed by atoms with E-state index in [9.17, 15) is 13.5 Å². The first kappa shape index (κ1) is 20.8. The molecular formula is C23H26N2O4S. The van der Waals surface area contributed by atoms with E-state index in [1.165, 1.54) is 6.26 Å². The molecular weight excluding hydrogens is 400 g/mol. The quantitative estimate of drug-likeness (QED) is 0.667. The second-order valence-corrected chi connectivity index (χ2v) is 9.96. The van der Waals surface area contributed by atoms with Crippen molar-refractivity contribution in [3.63, 3.8) is 0 Å². The number of likely N-dealkylation sites (tertiary alicyclic amines) is 1. The van der Waals surface area contributed by atoms with Crippen molar-refractivity contribution in [2.24, 2.45) is 0 Å². The van der Waals surface area contributed by atoms with Crippen molar-refractivity contribution >= 4 is 9.84 Å². The van der Waals surface area contributed by atoms with E-state index in [0.29, 0.717) is 17.3 Å². The molecule has 3 aromatic rings. The fourth-order valence-corrected chi connectivity index (χ4v) is 4.54. The fraction of sp³-hybridized carbons (Fsp3) is 0.348. The Morgan fingerprint density at radius 3 is 2.17 bits per heavy atom. The molecule has 0 saturated carbocycles. The van der Waals surface area contributed by atoms with Crippen LogP contribution in [0.3, 0.4) is 0 Å². The summed E-state index contributed by atoms with van der Waals surface area (Å²) in [6.07, 6.45) is 1.73. The van der Waals surface area contributed by atoms with Crippen molar-refractivity contribution < 1.29 is 17.9 Å². The van der Waals surface area contributed by atoms with Gasteiger partial charge in [0, 0.05) is 24.9 Å². The van der Waals surface area contributed by atoms with Crippen molar-refractivity contribution in [2.45, 2.75) is 37.3 Å². The lowest BCUT2D eigenvalue weighted by Gasteiger charge is -2.22. The highest BCUT2D eigenvalue weighted by atomic mass is 32.2. The molecule has 0 radical (unpaired) electrons. The van der Waals surface area contributed by atoms with Crippen LogP contribution in [0, 0.1) is 6.92 Å². The maximum Gasteiger partial charge on any atom is 0.226 e. The van der Waals surface area contributed by atoms with Crippen LogP contribution < -0.4 is 0 Å². The predicted molar refractivity (Wildman–Crippen MR) is 116 cm³/mol. The number of aromatic nitrogens is 1. The zero-order valence-corrected chi connectivity index (χ0v) is 18.2. The molecule has 1 N–H and O–H groups in total. The molecule has 0 bridgehead atoms. The van der Waals surface area contributed by atoms with Gasteiger partial charge < -0.3 is 9.52 Å². The van der Waals surface area contributed by atoms with Gasteiger partial charge in [-0.1, -0.05) is 24.3 Å². The Labute approximate surface area is 177 Å². The Balaban J connectivity index is 1.54. The highest BCUT2D eigenvalue weighted by Gasteiger charge is 2.28. The molecule has 1 aliphatic rings. The van der Waals surface area contributed by atoms with Crippen LogP contribution in [0.15, 0.2) is 57.8 Å². The number of aliphatic hydroxyl groups excluding tert-OH is 1. The summed E-state index contributed by atoms with van der Waals surface area (Å²) in [5.74, 6) is 1.37. The molecule has 6 nitrogen and oxygen atoms in total. The summed E-state index contributed by atoms with van der Waals surface area (Å²) < 4.78 is 29.2. The lowest BCUT2D eigenvalue weighted by molar-refractivity contribution is 0.162. The van der Waals surface area contributed by atoms with Gasteiger partial charge in [0.2, 0.25) is 5.89 Å². The van der Waals surface area contributed by atoms with Gasteiger partial charge in [0.15, 0.2) is 9.84 Å². The van der Waals surface area contributed by atoms with E-state index in [2.05, 4.69) is 11.8 Å². The van der Waals surface area contributed by atoms with Crippen LogP contribution >= 0.6 is 0 Å². The monoisotopic (exact) mass is 426 g/mol. The standard InChI is InChI=1S/C23H26N2O4S/c1-15(25-13-12-20(26)14-25)22-16(2)29-23(24-22)19-6-4-17(5-7-19)18-8-10-21(11-9-18)30(3,27)28/h4-11,15,20,26H,12-14H2,1-3H3/t15?,20-/m0/s1. The van der Waals surface area contributed by atoms with E-state index in [4.69, 9.17) is 9.40 Å². The van der Waals surface area contributed by atoms with Crippen molar-refractivity contribution in [2.75, 3.05) is 19.3 Å². The van der Waals surface area contributed by atoms with Gasteiger partial charge in [-0.3, -0.25) is 4.90 Å². The Kier molecular flexibility index (Phi) is 5.53. The van der Waals surface area contributed by atoms with E-state index in [1.54, 1.807) is 12.1 Å². The molecule has 0 amide bonds. The topological polar surface area (TPSA) is 83.6 Å². The average molecular weight is 427 g/mol. The zero-order chi connectivity index (χ0) is 21.5. The molecule has 158 valence electrons. The van der Waals surface area contributed by atoms with Gasteiger partial charge in [0.1, 0.15) is 5.76 Å². The summed E-state index contributed by atoms with van der Waals surface area (Å²) >= 11 is 0. The summed E-state index contributed by atoms with van der Waals surface area (Å²) in [6, 6.07) is 14.8. The summed E-state index contributed by atoms with van der Waals surface area (Å²) in [4.78, 5) is 7.27. The molecule has 2 aromatic carbocycles. The third-order valence-corrected chi connectivity index (χ3v) is 6.85. The molecule has 1 fully saturated rings. The van der Waals surface area contributed by atoms with E-state index in [-0.39, 0.29) is 12.1 Å². The number of β-amino-alcohol motifs (C(OH)–C–C–N with tert-alkyl or cyclic N) is 1. The molecule has 2 atom stereocenters. The summed E-state index contributed by atoms with van der Waals surface area (Å²) in [6.45, 7) is 5.54. The minimum Gasteiger partial charge on any atom is -0.441 e. The molecule has 1 aliphatic heterocycles. The maximum atomic E-state index is 11.6. The Morgan fingerprint density at radius 1 is 1.07 bits per heavy atom. The first-order valence-electron chi connectivity index (χ1n) is 10.0. The van der Waals surface area contributed by atoms with Crippen molar-refractivity contribution in [1.82, 2.24) is 9.88 Å². The third-order valence-electron chi connectivity index (χ3n) is 5.72. The third kappa shape index (κ3) is 4.19. The molecule has 1 unspecified atom stereocenters. The Morgan fingerprint density at radius 2 is 1.63 bits per heavy atom. The number of benzene rings is 2. The van der Waals surface area contributed by atoms with Crippen molar-refractivity contribution in [1.29, 1.82) is 0 Å². The largest absolute Gasteiger partial charge is 0.441 e. The first-order valence-corrected chi connectivity index (χ1v) is 11.9. The Hall–Kier alpha value is -2.48. The summed E-state index contributed by atoms with van der Waals surface area (Å²) in [5, 5.41) is 9.81. The van der Waals surface area contributed by atoms with Crippen LogP contribution in [-0.2, 0) is 9.84 Å². The van der Waals surface area contributed by atoms with Crippen molar-refractivity contribution in [3.8, 4) is 22.6 Å². The van der Waals surface area contributed by atoms with Crippen LogP contribution in [0.25, 0.3) is 22.6 Å². The number of sulfone groups is 1. The smallest absolute Gasteiger partial charge is 0.226 e. The van der Waals surface area contributed by atoms with Gasteiger partial charge in [0.05, 0.1) is 22.7 Å². The predicted octanol–water partition coefficient (Wildman–Crippen LogP) is 3.85. The second kappa shape index (κ2) is 7.98. The minimum atomic E-state index is -3.20. The van der Waals surface area contributed by atoms with Crippen LogP contribution in [0.2, 0.25) is 0 Å². The lowest BCUT2D eigenvalue weighted by atomic mass is 10.0. The molecule has 4 rings (SSSR count). The van der Waals surface area contributed by atoms with Crippen LogP contribution in [0.4, 0.5) is 0 Å². The molecule has 30 heavy (non-hydrogen) atoms. The number of hydrogen-bond acceptors (Lipinski definition) is 6. The highest BCUT2D eigenvalue weighted by molar-refractivity contribution is 7.90. The molecule has 1 aromatic heterocycles.